The molecule has 0 saturated heterocycles. The molecule has 0 aromatic rings. The van der Waals surface area contributed by atoms with E-state index in [1.165, 1.54) is 5.57 Å². The summed E-state index contributed by atoms with van der Waals surface area (Å²) in [6.45, 7) is 14.6. The van der Waals surface area contributed by atoms with Gasteiger partial charge in [0.05, 0.1) is 24.4 Å². The third kappa shape index (κ3) is 3.68. The minimum absolute atomic E-state index is 0.0489. The fourth-order valence-electron chi connectivity index (χ4n) is 9.90. The summed E-state index contributed by atoms with van der Waals surface area (Å²) in [5, 5.41) is 53.2. The van der Waals surface area contributed by atoms with Gasteiger partial charge in [-0.1, -0.05) is 53.2 Å². The molecule has 4 rings (SSSR count). The Labute approximate surface area is 217 Å². The molecule has 36 heavy (non-hydrogen) atoms. The average molecular weight is 507 g/mol. The maximum atomic E-state index is 11.7. The molecule has 0 heterocycles. The molecule has 0 aromatic heterocycles. The molecule has 0 spiro atoms. The molecule has 3 fully saturated rings. The van der Waals surface area contributed by atoms with E-state index >= 15 is 0 Å². The number of carboxylic acid groups (broad SMARTS) is 1. The monoisotopic (exact) mass is 506 g/mol. The predicted octanol–water partition coefficient (Wildman–Crippen LogP) is 4.54. The van der Waals surface area contributed by atoms with Crippen molar-refractivity contribution in [1.82, 2.24) is 0 Å². The van der Waals surface area contributed by atoms with Crippen LogP contribution in [0.4, 0.5) is 0 Å². The van der Waals surface area contributed by atoms with E-state index in [1.54, 1.807) is 6.92 Å². The second kappa shape index (κ2) is 8.53. The second-order valence-corrected chi connectivity index (χ2v) is 14.8. The van der Waals surface area contributed by atoms with E-state index in [4.69, 9.17) is 0 Å². The van der Waals surface area contributed by atoms with Crippen molar-refractivity contribution >= 4 is 5.97 Å². The topological polar surface area (TPSA) is 118 Å². The van der Waals surface area contributed by atoms with Gasteiger partial charge in [0.2, 0.25) is 0 Å². The summed E-state index contributed by atoms with van der Waals surface area (Å²) >= 11 is 0. The lowest BCUT2D eigenvalue weighted by Crippen LogP contribution is -2.66. The van der Waals surface area contributed by atoms with E-state index in [0.717, 1.165) is 38.5 Å². The quantitative estimate of drug-likeness (QED) is 0.350. The summed E-state index contributed by atoms with van der Waals surface area (Å²) < 4.78 is 0. The van der Waals surface area contributed by atoms with Crippen LogP contribution >= 0.6 is 0 Å². The molecule has 0 aliphatic heterocycles. The van der Waals surface area contributed by atoms with Gasteiger partial charge in [0.25, 0.3) is 0 Å². The summed E-state index contributed by atoms with van der Waals surface area (Å²) in [6.07, 6.45) is 6.46. The van der Waals surface area contributed by atoms with Crippen molar-refractivity contribution in [1.29, 1.82) is 0 Å². The largest absolute Gasteiger partial charge is 0.481 e. The molecule has 5 N–H and O–H groups in total. The lowest BCUT2D eigenvalue weighted by Gasteiger charge is -2.70. The number of hydrogen-bond acceptors (Lipinski definition) is 5. The molecule has 4 aliphatic carbocycles. The van der Waals surface area contributed by atoms with Crippen molar-refractivity contribution in [2.24, 2.45) is 44.8 Å². The van der Waals surface area contributed by atoms with E-state index in [2.05, 4.69) is 47.6 Å². The van der Waals surface area contributed by atoms with Crippen molar-refractivity contribution in [3.63, 3.8) is 0 Å². The molecule has 3 saturated carbocycles. The Morgan fingerprint density at radius 2 is 1.69 bits per heavy atom. The number of rotatable bonds is 5. The highest BCUT2D eigenvalue weighted by Crippen LogP contribution is 2.74. The lowest BCUT2D eigenvalue weighted by atomic mass is 9.35. The van der Waals surface area contributed by atoms with Gasteiger partial charge in [-0.05, 0) is 91.3 Å². The zero-order valence-corrected chi connectivity index (χ0v) is 23.5. The summed E-state index contributed by atoms with van der Waals surface area (Å²) in [5.74, 6) is -0.655. The van der Waals surface area contributed by atoms with Crippen LogP contribution in [-0.4, -0.2) is 55.9 Å². The molecular weight excluding hydrogens is 456 g/mol. The van der Waals surface area contributed by atoms with Gasteiger partial charge in [-0.2, -0.15) is 0 Å². The lowest BCUT2D eigenvalue weighted by molar-refractivity contribution is -0.213. The zero-order chi connectivity index (χ0) is 27.1. The fourth-order valence-corrected chi connectivity index (χ4v) is 9.90. The first kappa shape index (κ1) is 28.1. The smallest absolute Gasteiger partial charge is 0.303 e. The van der Waals surface area contributed by atoms with Crippen molar-refractivity contribution in [2.75, 3.05) is 6.61 Å². The van der Waals surface area contributed by atoms with Gasteiger partial charge in [-0.25, -0.2) is 0 Å². The molecule has 10 atom stereocenters. The number of carboxylic acids is 1. The highest BCUT2D eigenvalue weighted by molar-refractivity contribution is 5.66. The van der Waals surface area contributed by atoms with Crippen LogP contribution in [0.3, 0.4) is 0 Å². The maximum Gasteiger partial charge on any atom is 0.303 e. The minimum Gasteiger partial charge on any atom is -0.481 e. The van der Waals surface area contributed by atoms with Crippen LogP contribution in [0.15, 0.2) is 11.6 Å². The summed E-state index contributed by atoms with van der Waals surface area (Å²) in [7, 11) is 0. The Hall–Kier alpha value is -0.950. The second-order valence-electron chi connectivity index (χ2n) is 14.8. The zero-order valence-electron chi connectivity index (χ0n) is 23.5. The van der Waals surface area contributed by atoms with Crippen LogP contribution in [0.25, 0.3) is 0 Å². The molecular formula is C30H50O6. The normalized spacial score (nSPS) is 49.6. The molecule has 0 bridgehead atoms. The first-order valence-electron chi connectivity index (χ1n) is 14.0. The SMILES string of the molecule is CC1(C)CC2C3=CCC4[C@@](C)(CCC(=O)O)C([C@](C)(O)CO)CC[C@@]4(C)[C@]3(C)CC[C@@]2(C)[C@H](O)[C@H]1O. The standard InChI is InChI=1S/C30H50O6/c1-25(2)16-19-18-8-9-20-27(4,12-11-22(32)33)21(30(7,36)17-31)10-13-29(20,6)28(18,5)15-14-26(19,3)24(35)23(25)34/h8,19-21,23-24,31,34-36H,9-17H2,1-7H3,(H,32,33)/t19?,20?,21?,23-,24-,26-,27-,28-,29-,30-/m1/s1. The minimum atomic E-state index is -1.27. The van der Waals surface area contributed by atoms with Crippen LogP contribution in [0, 0.1) is 44.8 Å². The van der Waals surface area contributed by atoms with E-state index in [1.807, 2.05) is 0 Å². The van der Waals surface area contributed by atoms with E-state index in [-0.39, 0.29) is 52.4 Å². The molecule has 6 heteroatoms. The van der Waals surface area contributed by atoms with Gasteiger partial charge in [0, 0.05) is 11.8 Å². The van der Waals surface area contributed by atoms with Crippen LogP contribution in [0.1, 0.15) is 99.8 Å². The number of hydrogen-bond donors (Lipinski definition) is 5. The van der Waals surface area contributed by atoms with Gasteiger partial charge >= 0.3 is 5.97 Å². The van der Waals surface area contributed by atoms with Crippen LogP contribution < -0.4 is 0 Å². The summed E-state index contributed by atoms with van der Waals surface area (Å²) in [5.41, 5.74) is -1.25. The molecule has 6 nitrogen and oxygen atoms in total. The third-order valence-corrected chi connectivity index (χ3v) is 12.6. The van der Waals surface area contributed by atoms with Crippen LogP contribution in [0.2, 0.25) is 0 Å². The summed E-state index contributed by atoms with van der Waals surface area (Å²) in [4.78, 5) is 11.7. The Bertz CT molecular complexity index is 924. The summed E-state index contributed by atoms with van der Waals surface area (Å²) in [6, 6.07) is 0. The molecule has 0 aromatic carbocycles. The Morgan fingerprint density at radius 3 is 2.28 bits per heavy atom. The number of carbonyl (C=O) groups is 1. The Morgan fingerprint density at radius 1 is 1.06 bits per heavy atom. The van der Waals surface area contributed by atoms with Crippen LogP contribution in [0.5, 0.6) is 0 Å². The first-order chi connectivity index (χ1) is 16.4. The van der Waals surface area contributed by atoms with Crippen molar-refractivity contribution in [3.8, 4) is 0 Å². The van der Waals surface area contributed by atoms with E-state index < -0.39 is 29.2 Å². The number of aliphatic carboxylic acids is 1. The number of allylic oxidation sites excluding steroid dienone is 2. The van der Waals surface area contributed by atoms with E-state index in [9.17, 15) is 30.3 Å². The van der Waals surface area contributed by atoms with Gasteiger partial charge in [-0.15, -0.1) is 0 Å². The van der Waals surface area contributed by atoms with Gasteiger partial charge in [-0.3, -0.25) is 4.79 Å². The number of aliphatic hydroxyl groups is 4. The van der Waals surface area contributed by atoms with Gasteiger partial charge in [0.1, 0.15) is 0 Å². The number of aliphatic hydroxyl groups excluding tert-OH is 3. The molecule has 0 amide bonds. The third-order valence-electron chi connectivity index (χ3n) is 12.6. The average Bonchev–Trinajstić information content (AvgIpc) is 2.79. The van der Waals surface area contributed by atoms with Crippen molar-refractivity contribution < 1.29 is 30.3 Å². The fraction of sp³-hybridized carbons (Fsp3) is 0.900. The predicted molar refractivity (Wildman–Crippen MR) is 139 cm³/mol. The van der Waals surface area contributed by atoms with E-state index in [0.29, 0.717) is 6.42 Å². The van der Waals surface area contributed by atoms with Crippen molar-refractivity contribution in [3.05, 3.63) is 11.6 Å². The molecule has 4 aliphatic rings. The highest BCUT2D eigenvalue weighted by atomic mass is 16.4. The van der Waals surface area contributed by atoms with Gasteiger partial charge < -0.3 is 25.5 Å². The highest BCUT2D eigenvalue weighted by Gasteiger charge is 2.68. The Kier molecular flexibility index (Phi) is 6.65. The van der Waals surface area contributed by atoms with Gasteiger partial charge in [0.15, 0.2) is 0 Å². The number of fused-ring (bicyclic) bond motifs is 5. The molecule has 3 unspecified atom stereocenters. The molecule has 0 radical (unpaired) electrons. The van der Waals surface area contributed by atoms with Crippen LogP contribution in [-0.2, 0) is 4.79 Å². The van der Waals surface area contributed by atoms with Crippen molar-refractivity contribution in [2.45, 2.75) is 118 Å². The first-order valence-corrected chi connectivity index (χ1v) is 14.0. The Balaban J connectivity index is 1.81. The molecule has 206 valence electrons. The maximum absolute atomic E-state index is 11.7.